The summed E-state index contributed by atoms with van der Waals surface area (Å²) in [5.74, 6) is -1.26. The number of amides is 1. The van der Waals surface area contributed by atoms with Gasteiger partial charge in [-0.15, -0.1) is 11.3 Å². The number of aromatic nitrogens is 4. The lowest BCUT2D eigenvalue weighted by Gasteiger charge is -2.37. The molecular weight excluding hydrogens is 547 g/mol. The number of fused-ring (bicyclic) bond motifs is 2. The zero-order valence-electron chi connectivity index (χ0n) is 24.4. The molecule has 1 aliphatic heterocycles. The van der Waals surface area contributed by atoms with Gasteiger partial charge in [0.15, 0.2) is 5.65 Å². The Kier molecular flexibility index (Phi) is 7.19. The number of hydrogen-bond donors (Lipinski definition) is 1. The van der Waals surface area contributed by atoms with Crippen molar-refractivity contribution in [3.63, 3.8) is 0 Å². The zero-order valence-corrected chi connectivity index (χ0v) is 25.2. The van der Waals surface area contributed by atoms with Gasteiger partial charge in [0, 0.05) is 41.0 Å². The molecule has 4 aromatic rings. The van der Waals surface area contributed by atoms with E-state index in [-0.39, 0.29) is 18.7 Å². The van der Waals surface area contributed by atoms with Crippen molar-refractivity contribution in [2.24, 2.45) is 11.8 Å². The first-order chi connectivity index (χ1) is 19.5. The largest absolute Gasteiger partial charge is 0.391 e. The van der Waals surface area contributed by atoms with Crippen molar-refractivity contribution in [3.05, 3.63) is 39.7 Å². The van der Waals surface area contributed by atoms with Crippen LogP contribution in [0.1, 0.15) is 91.3 Å². The third-order valence-electron chi connectivity index (χ3n) is 9.60. The topological polar surface area (TPSA) is 66.3 Å². The number of carbonyl (C=O) groups is 1. The predicted octanol–water partition coefficient (Wildman–Crippen LogP) is 8.06. The van der Waals surface area contributed by atoms with Gasteiger partial charge in [-0.1, -0.05) is 20.3 Å². The van der Waals surface area contributed by atoms with Gasteiger partial charge in [-0.05, 0) is 87.0 Å². The number of carbonyl (C=O) groups excluding carboxylic acids is 1. The van der Waals surface area contributed by atoms with Crippen molar-refractivity contribution in [2.45, 2.75) is 91.2 Å². The molecule has 4 aromatic heterocycles. The number of nitrogens with zero attached hydrogens (tertiary/aromatic N) is 4. The second-order valence-corrected chi connectivity index (χ2v) is 13.4. The molecule has 0 radical (unpaired) electrons. The molecule has 6 rings (SSSR count). The zero-order chi connectivity index (χ0) is 29.2. The van der Waals surface area contributed by atoms with E-state index >= 15 is 0 Å². The molecule has 0 aromatic carbocycles. The number of alkyl halides is 3. The minimum Gasteiger partial charge on any atom is -0.346 e. The van der Waals surface area contributed by atoms with Crippen LogP contribution in [0.5, 0.6) is 0 Å². The molecular formula is C31H38F3N5OS. The SMILES string of the molecule is Cc1c(-c2[nH]c3sc(C4CCN(C(=O)[C@@H]5CCC[C@H](C(F)(F)F)C5)CC4)c(C)c3c2C(C)C)cn2ncnc2c1C. The predicted molar refractivity (Wildman–Crippen MR) is 157 cm³/mol. The number of rotatable bonds is 4. The number of aryl methyl sites for hydroxylation is 2. The summed E-state index contributed by atoms with van der Waals surface area (Å²) in [6.45, 7) is 12.1. The fraction of sp³-hybridized carbons (Fsp3) is 0.581. The van der Waals surface area contributed by atoms with E-state index < -0.39 is 18.0 Å². The van der Waals surface area contributed by atoms with Crippen molar-refractivity contribution >= 4 is 33.1 Å². The normalized spacial score (nSPS) is 21.0. The molecule has 5 heterocycles. The summed E-state index contributed by atoms with van der Waals surface area (Å²) >= 11 is 1.81. The summed E-state index contributed by atoms with van der Waals surface area (Å²) in [6, 6.07) is 0. The molecule has 220 valence electrons. The highest BCUT2D eigenvalue weighted by Crippen LogP contribution is 2.47. The molecule has 10 heteroatoms. The van der Waals surface area contributed by atoms with Crippen molar-refractivity contribution < 1.29 is 18.0 Å². The van der Waals surface area contributed by atoms with Gasteiger partial charge in [0.1, 0.15) is 11.2 Å². The van der Waals surface area contributed by atoms with Gasteiger partial charge in [-0.3, -0.25) is 4.79 Å². The lowest BCUT2D eigenvalue weighted by atomic mass is 9.80. The van der Waals surface area contributed by atoms with Gasteiger partial charge < -0.3 is 9.88 Å². The molecule has 1 saturated carbocycles. The molecule has 2 atom stereocenters. The van der Waals surface area contributed by atoms with Gasteiger partial charge in [0.25, 0.3) is 0 Å². The number of pyridine rings is 1. The van der Waals surface area contributed by atoms with Crippen LogP contribution in [0.2, 0.25) is 0 Å². The maximum absolute atomic E-state index is 13.3. The third kappa shape index (κ3) is 4.85. The average molecular weight is 586 g/mol. The standard InChI is InChI=1S/C31H38F3N5OS/c1-16(2)24-25-19(5)27(41-29(25)37-26(24)23-14-39-28(35-15-36-39)18(4)17(23)3)20-9-11-38(12-10-20)30(40)21-7-6-8-22(13-21)31(32,33)34/h14-16,20-22,37H,6-13H2,1-5H3/t21-,22+/m1/s1. The highest BCUT2D eigenvalue weighted by Gasteiger charge is 2.44. The first kappa shape index (κ1) is 28.2. The van der Waals surface area contributed by atoms with Crippen LogP contribution in [0.3, 0.4) is 0 Å². The molecule has 0 spiro atoms. The lowest BCUT2D eigenvalue weighted by Crippen LogP contribution is -2.43. The first-order valence-electron chi connectivity index (χ1n) is 14.8. The molecule has 0 unspecified atom stereocenters. The van der Waals surface area contributed by atoms with Crippen molar-refractivity contribution in [2.75, 3.05) is 13.1 Å². The van der Waals surface area contributed by atoms with Crippen molar-refractivity contribution in [1.82, 2.24) is 24.5 Å². The van der Waals surface area contributed by atoms with Crippen LogP contribution in [0.4, 0.5) is 13.2 Å². The smallest absolute Gasteiger partial charge is 0.346 e. The number of halogens is 3. The summed E-state index contributed by atoms with van der Waals surface area (Å²) < 4.78 is 41.8. The Hall–Kier alpha value is -2.88. The second kappa shape index (κ2) is 10.4. The average Bonchev–Trinajstić information content (AvgIpc) is 3.65. The third-order valence-corrected chi connectivity index (χ3v) is 11.0. The van der Waals surface area contributed by atoms with Gasteiger partial charge in [-0.2, -0.15) is 18.3 Å². The van der Waals surface area contributed by atoms with Gasteiger partial charge in [-0.25, -0.2) is 9.50 Å². The molecule has 0 bridgehead atoms. The molecule has 1 amide bonds. The fourth-order valence-electron chi connectivity index (χ4n) is 7.21. The van der Waals surface area contributed by atoms with Crippen LogP contribution in [0, 0.1) is 32.6 Å². The minimum absolute atomic E-state index is 0.0554. The quantitative estimate of drug-likeness (QED) is 0.263. The van der Waals surface area contributed by atoms with E-state index in [2.05, 4.69) is 55.9 Å². The number of H-pyrrole nitrogens is 1. The molecule has 1 aliphatic carbocycles. The van der Waals surface area contributed by atoms with E-state index in [1.165, 1.54) is 31.8 Å². The molecule has 1 N–H and O–H groups in total. The van der Waals surface area contributed by atoms with Crippen LogP contribution in [-0.2, 0) is 4.79 Å². The monoisotopic (exact) mass is 585 g/mol. The Morgan fingerprint density at radius 2 is 1.80 bits per heavy atom. The molecule has 6 nitrogen and oxygen atoms in total. The molecule has 1 saturated heterocycles. The Morgan fingerprint density at radius 1 is 1.07 bits per heavy atom. The van der Waals surface area contributed by atoms with Gasteiger partial charge >= 0.3 is 6.18 Å². The van der Waals surface area contributed by atoms with Crippen molar-refractivity contribution in [1.29, 1.82) is 0 Å². The summed E-state index contributed by atoms with van der Waals surface area (Å²) in [5.41, 5.74) is 8.07. The fourth-order valence-corrected chi connectivity index (χ4v) is 8.61. The Morgan fingerprint density at radius 3 is 2.49 bits per heavy atom. The second-order valence-electron chi connectivity index (χ2n) is 12.4. The Labute approximate surface area is 242 Å². The Bertz CT molecular complexity index is 1610. The van der Waals surface area contributed by atoms with Gasteiger partial charge in [0.05, 0.1) is 11.6 Å². The van der Waals surface area contributed by atoms with Gasteiger partial charge in [0.2, 0.25) is 5.91 Å². The number of aromatic amines is 1. The van der Waals surface area contributed by atoms with Crippen LogP contribution >= 0.6 is 11.3 Å². The Balaban J connectivity index is 1.24. The summed E-state index contributed by atoms with van der Waals surface area (Å²) in [7, 11) is 0. The number of likely N-dealkylation sites (tertiary alicyclic amines) is 1. The van der Waals surface area contributed by atoms with Crippen LogP contribution in [-0.4, -0.2) is 49.7 Å². The molecule has 2 fully saturated rings. The highest BCUT2D eigenvalue weighted by molar-refractivity contribution is 7.19. The van der Waals surface area contributed by atoms with E-state index in [9.17, 15) is 18.0 Å². The van der Waals surface area contributed by atoms with E-state index in [0.717, 1.165) is 35.3 Å². The molecule has 41 heavy (non-hydrogen) atoms. The van der Waals surface area contributed by atoms with Crippen LogP contribution in [0.25, 0.3) is 27.1 Å². The van der Waals surface area contributed by atoms with E-state index in [1.54, 1.807) is 6.33 Å². The maximum atomic E-state index is 13.3. The van der Waals surface area contributed by atoms with E-state index in [4.69, 9.17) is 0 Å². The van der Waals surface area contributed by atoms with Crippen molar-refractivity contribution in [3.8, 4) is 11.3 Å². The van der Waals surface area contributed by atoms with Crippen LogP contribution < -0.4 is 0 Å². The highest BCUT2D eigenvalue weighted by atomic mass is 32.1. The minimum atomic E-state index is -4.21. The van der Waals surface area contributed by atoms with E-state index in [0.29, 0.717) is 37.8 Å². The summed E-state index contributed by atoms with van der Waals surface area (Å²) in [4.78, 5) is 25.7. The lowest BCUT2D eigenvalue weighted by molar-refractivity contribution is -0.187. The summed E-state index contributed by atoms with van der Waals surface area (Å²) in [6.07, 6.45) is 2.28. The maximum Gasteiger partial charge on any atom is 0.391 e. The number of thiophene rings is 1. The number of nitrogens with one attached hydrogen (secondary N) is 1. The number of piperidine rings is 1. The molecule has 2 aliphatic rings. The van der Waals surface area contributed by atoms with Crippen LogP contribution in [0.15, 0.2) is 12.5 Å². The number of hydrogen-bond acceptors (Lipinski definition) is 4. The summed E-state index contributed by atoms with van der Waals surface area (Å²) in [5, 5.41) is 5.69. The van der Waals surface area contributed by atoms with E-state index in [1.807, 2.05) is 20.8 Å². The first-order valence-corrected chi connectivity index (χ1v) is 15.6.